The number of hydrogen-bond donors (Lipinski definition) is 3. The smallest absolute Gasteiger partial charge is 0.261 e. The second-order valence-electron chi connectivity index (χ2n) is 11.9. The van der Waals surface area contributed by atoms with Crippen molar-refractivity contribution in [3.8, 4) is 22.5 Å². The predicted molar refractivity (Wildman–Crippen MR) is 167 cm³/mol. The second-order valence-corrected chi connectivity index (χ2v) is 11.9. The number of nitrogens with one attached hydrogen (secondary N) is 3. The number of aromatic amines is 1. The van der Waals surface area contributed by atoms with Gasteiger partial charge in [-0.1, -0.05) is 67.9 Å². The number of amides is 2. The van der Waals surface area contributed by atoms with Crippen molar-refractivity contribution in [3.05, 3.63) is 94.0 Å². The molecule has 2 aliphatic rings. The largest absolute Gasteiger partial charge is 0.292 e. The van der Waals surface area contributed by atoms with Crippen molar-refractivity contribution < 1.29 is 9.59 Å². The summed E-state index contributed by atoms with van der Waals surface area (Å²) in [5.41, 5.74) is 10.4. The van der Waals surface area contributed by atoms with Crippen molar-refractivity contribution >= 4 is 22.7 Å². The third-order valence-electron chi connectivity index (χ3n) is 9.16. The van der Waals surface area contributed by atoms with Gasteiger partial charge in [0.05, 0.1) is 28.9 Å². The number of likely N-dealkylation sites (N-methyl/N-ethyl adjacent to an activating group) is 1. The van der Waals surface area contributed by atoms with Crippen LogP contribution in [0.3, 0.4) is 0 Å². The number of imide groups is 1. The van der Waals surface area contributed by atoms with Gasteiger partial charge in [0, 0.05) is 19.0 Å². The van der Waals surface area contributed by atoms with Crippen LogP contribution in [0.5, 0.6) is 0 Å². The summed E-state index contributed by atoms with van der Waals surface area (Å²) in [5.74, 6) is 0.178. The number of rotatable bonds is 8. The fraction of sp³-hybridized carbons (Fsp3) is 0.303. The molecule has 2 aromatic heterocycles. The molecule has 3 N–H and O–H groups in total. The van der Waals surface area contributed by atoms with Crippen LogP contribution in [-0.2, 0) is 28.1 Å². The first-order chi connectivity index (χ1) is 21.8. The number of likely N-dealkylation sites (tertiary alicyclic amines) is 1. The molecule has 0 spiro atoms. The lowest BCUT2D eigenvalue weighted by Crippen LogP contribution is -2.47. The number of H-pyrrole nitrogens is 1. The normalized spacial score (nSPS) is 21.2. The SMILES string of the molecule is CCCCc1nc2ccc([C@@]3(C)NN[C@H]4C(=O)N(C)C(=O)[C@H]43)cc2c(=O)n1Cc1ccc(-c2ccccc2-c2nnn[nH]2)cc1. The number of aryl methyl sites for hydroxylation is 1. The van der Waals surface area contributed by atoms with E-state index < -0.39 is 17.5 Å². The van der Waals surface area contributed by atoms with Crippen LogP contribution in [0.15, 0.2) is 71.5 Å². The summed E-state index contributed by atoms with van der Waals surface area (Å²) >= 11 is 0. The Morgan fingerprint density at radius 2 is 1.73 bits per heavy atom. The van der Waals surface area contributed by atoms with E-state index in [4.69, 9.17) is 4.98 Å². The van der Waals surface area contributed by atoms with Crippen molar-refractivity contribution in [1.82, 2.24) is 45.9 Å². The van der Waals surface area contributed by atoms with Gasteiger partial charge in [-0.3, -0.25) is 23.9 Å². The van der Waals surface area contributed by atoms with Gasteiger partial charge in [-0.05, 0) is 58.2 Å². The Morgan fingerprint density at radius 3 is 2.47 bits per heavy atom. The highest BCUT2D eigenvalue weighted by Gasteiger charge is 2.59. The Labute approximate surface area is 258 Å². The molecule has 12 heteroatoms. The highest BCUT2D eigenvalue weighted by Crippen LogP contribution is 2.40. The first-order valence-corrected chi connectivity index (χ1v) is 15.1. The molecule has 0 radical (unpaired) electrons. The number of aromatic nitrogens is 6. The highest BCUT2D eigenvalue weighted by molar-refractivity contribution is 6.08. The number of carbonyl (C=O) groups is 2. The number of unbranched alkanes of at least 4 members (excludes halogenated alkanes) is 1. The Kier molecular flexibility index (Phi) is 7.10. The Hall–Kier alpha value is -5.07. The van der Waals surface area contributed by atoms with Crippen molar-refractivity contribution in [2.75, 3.05) is 7.05 Å². The summed E-state index contributed by atoms with van der Waals surface area (Å²) in [4.78, 5) is 46.0. The van der Waals surface area contributed by atoms with Gasteiger partial charge < -0.3 is 0 Å². The number of hydrogen-bond acceptors (Lipinski definition) is 9. The molecule has 2 aliphatic heterocycles. The van der Waals surface area contributed by atoms with Crippen LogP contribution in [0.4, 0.5) is 0 Å². The van der Waals surface area contributed by atoms with Crippen molar-refractivity contribution in [3.63, 3.8) is 0 Å². The molecule has 7 rings (SSSR count). The highest BCUT2D eigenvalue weighted by atomic mass is 16.2. The Balaban J connectivity index is 1.25. The first-order valence-electron chi connectivity index (χ1n) is 15.1. The molecule has 12 nitrogen and oxygen atoms in total. The lowest BCUT2D eigenvalue weighted by atomic mass is 9.78. The van der Waals surface area contributed by atoms with E-state index >= 15 is 0 Å². The van der Waals surface area contributed by atoms with Crippen LogP contribution in [0, 0.1) is 5.92 Å². The van der Waals surface area contributed by atoms with Crippen LogP contribution >= 0.6 is 0 Å². The number of nitrogens with zero attached hydrogens (tertiary/aromatic N) is 6. The average molecular weight is 604 g/mol. The molecule has 3 aromatic carbocycles. The van der Waals surface area contributed by atoms with E-state index in [0.717, 1.165) is 46.5 Å². The molecule has 2 saturated heterocycles. The van der Waals surface area contributed by atoms with Gasteiger partial charge in [0.25, 0.3) is 5.56 Å². The minimum absolute atomic E-state index is 0.141. The van der Waals surface area contributed by atoms with E-state index in [1.54, 1.807) is 4.57 Å². The van der Waals surface area contributed by atoms with Crippen LogP contribution in [-0.4, -0.2) is 60.0 Å². The third-order valence-corrected chi connectivity index (χ3v) is 9.16. The summed E-state index contributed by atoms with van der Waals surface area (Å²) in [6, 6.07) is 20.9. The number of fused-ring (bicyclic) bond motifs is 2. The van der Waals surface area contributed by atoms with Crippen LogP contribution < -0.4 is 16.4 Å². The van der Waals surface area contributed by atoms with Gasteiger partial charge in [-0.25, -0.2) is 20.9 Å². The van der Waals surface area contributed by atoms with Gasteiger partial charge >= 0.3 is 0 Å². The summed E-state index contributed by atoms with van der Waals surface area (Å²) in [7, 11) is 1.51. The fourth-order valence-corrected chi connectivity index (χ4v) is 6.56. The molecule has 45 heavy (non-hydrogen) atoms. The maximum absolute atomic E-state index is 14.2. The molecule has 4 heterocycles. The van der Waals surface area contributed by atoms with E-state index in [9.17, 15) is 14.4 Å². The molecule has 228 valence electrons. The first kappa shape index (κ1) is 28.7. The summed E-state index contributed by atoms with van der Waals surface area (Å²) in [6.07, 6.45) is 2.56. The maximum atomic E-state index is 14.2. The van der Waals surface area contributed by atoms with E-state index in [1.165, 1.54) is 11.9 Å². The average Bonchev–Trinajstić information content (AvgIpc) is 3.78. The van der Waals surface area contributed by atoms with Crippen LogP contribution in [0.2, 0.25) is 0 Å². The van der Waals surface area contributed by atoms with Gasteiger partial charge in [0.1, 0.15) is 11.9 Å². The van der Waals surface area contributed by atoms with E-state index in [1.807, 2.05) is 73.7 Å². The topological polar surface area (TPSA) is 151 Å². The molecule has 0 unspecified atom stereocenters. The molecular formula is C33H33N9O3. The molecule has 0 saturated carbocycles. The molecule has 0 bridgehead atoms. The summed E-state index contributed by atoms with van der Waals surface area (Å²) in [5, 5.41) is 14.8. The summed E-state index contributed by atoms with van der Waals surface area (Å²) < 4.78 is 1.76. The van der Waals surface area contributed by atoms with E-state index in [0.29, 0.717) is 29.7 Å². The third kappa shape index (κ3) is 4.73. The van der Waals surface area contributed by atoms with Gasteiger partial charge in [-0.15, -0.1) is 5.10 Å². The van der Waals surface area contributed by atoms with Crippen molar-refractivity contribution in [2.24, 2.45) is 5.92 Å². The zero-order chi connectivity index (χ0) is 31.3. The predicted octanol–water partition coefficient (Wildman–Crippen LogP) is 2.94. The second kappa shape index (κ2) is 11.1. The minimum atomic E-state index is -0.887. The number of hydrazine groups is 1. The van der Waals surface area contributed by atoms with Gasteiger partial charge in [0.2, 0.25) is 11.8 Å². The van der Waals surface area contributed by atoms with Crippen LogP contribution in [0.1, 0.15) is 43.6 Å². The molecule has 3 atom stereocenters. The molecule has 2 amide bonds. The lowest BCUT2D eigenvalue weighted by Gasteiger charge is -2.29. The zero-order valence-electron chi connectivity index (χ0n) is 25.2. The van der Waals surface area contributed by atoms with E-state index in [2.05, 4.69) is 38.4 Å². The molecule has 5 aromatic rings. The van der Waals surface area contributed by atoms with E-state index in [-0.39, 0.29) is 17.4 Å². The minimum Gasteiger partial charge on any atom is -0.292 e. The standard InChI is InChI=1S/C33H33N9O3/c1-4-5-10-26-34-25-16-15-21(33(2)27-28(35-38-33)32(45)41(3)31(27)44)17-24(25)30(43)42(26)18-19-11-13-20(14-12-19)22-8-6-7-9-23(22)29-36-39-40-37-29/h6-9,11-17,27-28,35,38H,4-5,10,18H2,1-3H3,(H,36,37,39,40)/t27-,28+,33+/m0/s1. The quantitative estimate of drug-likeness (QED) is 0.228. The molecular weight excluding hydrogens is 570 g/mol. The molecule has 0 aliphatic carbocycles. The number of tetrazole rings is 1. The Bertz CT molecular complexity index is 1990. The zero-order valence-corrected chi connectivity index (χ0v) is 25.2. The Morgan fingerprint density at radius 1 is 0.956 bits per heavy atom. The number of carbonyl (C=O) groups excluding carboxylic acids is 2. The monoisotopic (exact) mass is 603 g/mol. The van der Waals surface area contributed by atoms with Crippen LogP contribution in [0.25, 0.3) is 33.4 Å². The summed E-state index contributed by atoms with van der Waals surface area (Å²) in [6.45, 7) is 4.36. The van der Waals surface area contributed by atoms with Gasteiger partial charge in [0.15, 0.2) is 5.82 Å². The lowest BCUT2D eigenvalue weighted by molar-refractivity contribution is -0.139. The maximum Gasteiger partial charge on any atom is 0.261 e. The number of benzene rings is 3. The van der Waals surface area contributed by atoms with Crippen molar-refractivity contribution in [2.45, 2.75) is 51.2 Å². The van der Waals surface area contributed by atoms with Gasteiger partial charge in [-0.2, -0.15) is 0 Å². The fourth-order valence-electron chi connectivity index (χ4n) is 6.56. The molecule has 2 fully saturated rings. The van der Waals surface area contributed by atoms with Crippen molar-refractivity contribution in [1.29, 1.82) is 0 Å².